The summed E-state index contributed by atoms with van der Waals surface area (Å²) in [5.41, 5.74) is 0.354. The second-order valence-electron chi connectivity index (χ2n) is 4.73. The largest absolute Gasteiger partial charge is 0.389 e. The molecule has 0 unspecified atom stereocenters. The fourth-order valence-corrected chi connectivity index (χ4v) is 1.62. The summed E-state index contributed by atoms with van der Waals surface area (Å²) in [6.07, 6.45) is 0. The Hall–Kier alpha value is -1.54. The molecule has 0 bridgehead atoms. The van der Waals surface area contributed by atoms with E-state index in [4.69, 9.17) is 0 Å². The monoisotopic (exact) mass is 215 g/mol. The van der Waals surface area contributed by atoms with Gasteiger partial charge in [0.1, 0.15) is 0 Å². The van der Waals surface area contributed by atoms with Crippen molar-refractivity contribution in [1.82, 2.24) is 0 Å². The van der Waals surface area contributed by atoms with Gasteiger partial charge in [-0.05, 0) is 36.8 Å². The summed E-state index contributed by atoms with van der Waals surface area (Å²) >= 11 is 0. The Bertz CT molecular complexity index is 485. The number of fused-ring (bicyclic) bond motifs is 1. The number of hydrogen-bond donors (Lipinski definition) is 2. The highest BCUT2D eigenvalue weighted by molar-refractivity contribution is 5.85. The quantitative estimate of drug-likeness (QED) is 0.824. The summed E-state index contributed by atoms with van der Waals surface area (Å²) in [4.78, 5) is 0. The van der Waals surface area contributed by atoms with Gasteiger partial charge in [0.2, 0.25) is 0 Å². The molecule has 2 N–H and O–H groups in total. The standard InChI is InChI=1S/C14H17NO/c1-14(2,16)10-15-13-8-7-11-5-3-4-6-12(11)9-13/h3-9,15-16H,10H2,1-2H3. The van der Waals surface area contributed by atoms with Gasteiger partial charge in [-0.2, -0.15) is 0 Å². The fraction of sp³-hybridized carbons (Fsp3) is 0.286. The van der Waals surface area contributed by atoms with Gasteiger partial charge in [-0.1, -0.05) is 30.3 Å². The average Bonchev–Trinajstić information content (AvgIpc) is 2.25. The Morgan fingerprint density at radius 3 is 2.44 bits per heavy atom. The Kier molecular flexibility index (Phi) is 2.84. The molecule has 0 saturated heterocycles. The number of aliphatic hydroxyl groups is 1. The molecule has 0 aromatic heterocycles. The molecule has 2 heteroatoms. The van der Waals surface area contributed by atoms with Crippen LogP contribution in [0.3, 0.4) is 0 Å². The lowest BCUT2D eigenvalue weighted by molar-refractivity contribution is 0.0945. The van der Waals surface area contributed by atoms with E-state index in [0.717, 1.165) is 5.69 Å². The van der Waals surface area contributed by atoms with Crippen molar-refractivity contribution in [2.24, 2.45) is 0 Å². The summed E-state index contributed by atoms with van der Waals surface area (Å²) in [7, 11) is 0. The van der Waals surface area contributed by atoms with Crippen LogP contribution in [0.25, 0.3) is 10.8 Å². The van der Waals surface area contributed by atoms with E-state index < -0.39 is 5.60 Å². The van der Waals surface area contributed by atoms with E-state index in [1.165, 1.54) is 10.8 Å². The van der Waals surface area contributed by atoms with Crippen LogP contribution >= 0.6 is 0 Å². The lowest BCUT2D eigenvalue weighted by Crippen LogP contribution is -2.29. The smallest absolute Gasteiger partial charge is 0.0763 e. The van der Waals surface area contributed by atoms with Gasteiger partial charge in [0.15, 0.2) is 0 Å². The van der Waals surface area contributed by atoms with Crippen molar-refractivity contribution in [2.75, 3.05) is 11.9 Å². The predicted octanol–water partition coefficient (Wildman–Crippen LogP) is 3.02. The lowest BCUT2D eigenvalue weighted by Gasteiger charge is -2.18. The second-order valence-corrected chi connectivity index (χ2v) is 4.73. The fourth-order valence-electron chi connectivity index (χ4n) is 1.62. The van der Waals surface area contributed by atoms with E-state index in [9.17, 15) is 5.11 Å². The molecule has 0 amide bonds. The zero-order valence-electron chi connectivity index (χ0n) is 9.70. The van der Waals surface area contributed by atoms with Crippen molar-refractivity contribution < 1.29 is 5.11 Å². The van der Waals surface area contributed by atoms with Crippen LogP contribution in [0.5, 0.6) is 0 Å². The minimum atomic E-state index is -0.689. The summed E-state index contributed by atoms with van der Waals surface area (Å²) < 4.78 is 0. The van der Waals surface area contributed by atoms with Crippen molar-refractivity contribution in [3.05, 3.63) is 42.5 Å². The highest BCUT2D eigenvalue weighted by atomic mass is 16.3. The van der Waals surface area contributed by atoms with Crippen LogP contribution in [-0.4, -0.2) is 17.3 Å². The van der Waals surface area contributed by atoms with Crippen molar-refractivity contribution >= 4 is 16.5 Å². The molecule has 0 aliphatic rings. The first-order valence-electron chi connectivity index (χ1n) is 5.50. The van der Waals surface area contributed by atoms with Gasteiger partial charge in [-0.3, -0.25) is 0 Å². The molecule has 0 aliphatic carbocycles. The molecule has 84 valence electrons. The van der Waals surface area contributed by atoms with Crippen LogP contribution in [0, 0.1) is 0 Å². The van der Waals surface area contributed by atoms with Gasteiger partial charge in [0.25, 0.3) is 0 Å². The molecule has 2 nitrogen and oxygen atoms in total. The molecule has 0 spiro atoms. The first kappa shape index (κ1) is 11.0. The number of hydrogen-bond acceptors (Lipinski definition) is 2. The zero-order valence-corrected chi connectivity index (χ0v) is 9.70. The van der Waals surface area contributed by atoms with Crippen LogP contribution in [-0.2, 0) is 0 Å². The lowest BCUT2D eigenvalue weighted by atomic mass is 10.1. The van der Waals surface area contributed by atoms with Crippen LogP contribution in [0.1, 0.15) is 13.8 Å². The zero-order chi connectivity index (χ0) is 11.6. The van der Waals surface area contributed by atoms with Gasteiger partial charge in [-0.15, -0.1) is 0 Å². The van der Waals surface area contributed by atoms with Crippen LogP contribution in [0.15, 0.2) is 42.5 Å². The van der Waals surface area contributed by atoms with Gasteiger partial charge >= 0.3 is 0 Å². The topological polar surface area (TPSA) is 32.3 Å². The molecule has 0 aliphatic heterocycles. The summed E-state index contributed by atoms with van der Waals surface area (Å²) in [6, 6.07) is 14.5. The van der Waals surface area contributed by atoms with Gasteiger partial charge in [0, 0.05) is 12.2 Å². The van der Waals surface area contributed by atoms with Crippen LogP contribution < -0.4 is 5.32 Å². The van der Waals surface area contributed by atoms with E-state index in [1.807, 2.05) is 18.2 Å². The van der Waals surface area contributed by atoms with Crippen molar-refractivity contribution in [3.8, 4) is 0 Å². The maximum atomic E-state index is 9.63. The molecule has 0 saturated carbocycles. The summed E-state index contributed by atoms with van der Waals surface area (Å²) in [6.45, 7) is 4.13. The molecular weight excluding hydrogens is 198 g/mol. The molecular formula is C14H17NO. The molecule has 2 aromatic rings. The third-order valence-electron chi connectivity index (χ3n) is 2.47. The molecule has 16 heavy (non-hydrogen) atoms. The van der Waals surface area contributed by atoms with Crippen LogP contribution in [0.2, 0.25) is 0 Å². The molecule has 0 fully saturated rings. The molecule has 0 heterocycles. The molecule has 0 atom stereocenters. The van der Waals surface area contributed by atoms with E-state index in [2.05, 4.69) is 29.6 Å². The first-order valence-corrected chi connectivity index (χ1v) is 5.50. The minimum absolute atomic E-state index is 0.547. The summed E-state index contributed by atoms with van der Waals surface area (Å²) in [5, 5.41) is 15.3. The molecule has 2 rings (SSSR count). The van der Waals surface area contributed by atoms with Gasteiger partial charge in [0.05, 0.1) is 5.60 Å². The predicted molar refractivity (Wildman–Crippen MR) is 68.7 cm³/mol. The van der Waals surface area contributed by atoms with Crippen molar-refractivity contribution in [3.63, 3.8) is 0 Å². The van der Waals surface area contributed by atoms with Crippen molar-refractivity contribution in [1.29, 1.82) is 0 Å². The minimum Gasteiger partial charge on any atom is -0.389 e. The highest BCUT2D eigenvalue weighted by Gasteiger charge is 2.11. The maximum absolute atomic E-state index is 9.63. The number of rotatable bonds is 3. The third kappa shape index (κ3) is 2.74. The normalized spacial score (nSPS) is 11.7. The van der Waals surface area contributed by atoms with Gasteiger partial charge in [-0.25, -0.2) is 0 Å². The Morgan fingerprint density at radius 1 is 1.06 bits per heavy atom. The molecule has 0 radical (unpaired) electrons. The number of nitrogens with one attached hydrogen (secondary N) is 1. The average molecular weight is 215 g/mol. The Morgan fingerprint density at radius 2 is 1.75 bits per heavy atom. The van der Waals surface area contributed by atoms with E-state index in [1.54, 1.807) is 13.8 Å². The third-order valence-corrected chi connectivity index (χ3v) is 2.47. The van der Waals surface area contributed by atoms with E-state index in [-0.39, 0.29) is 0 Å². The number of benzene rings is 2. The number of anilines is 1. The Labute approximate surface area is 95.9 Å². The second kappa shape index (κ2) is 4.14. The van der Waals surface area contributed by atoms with E-state index in [0.29, 0.717) is 6.54 Å². The van der Waals surface area contributed by atoms with Crippen molar-refractivity contribution in [2.45, 2.75) is 19.4 Å². The van der Waals surface area contributed by atoms with Crippen LogP contribution in [0.4, 0.5) is 5.69 Å². The van der Waals surface area contributed by atoms with E-state index >= 15 is 0 Å². The summed E-state index contributed by atoms with van der Waals surface area (Å²) in [5.74, 6) is 0. The first-order chi connectivity index (χ1) is 7.54. The molecule has 2 aromatic carbocycles. The highest BCUT2D eigenvalue weighted by Crippen LogP contribution is 2.19. The van der Waals surface area contributed by atoms with Gasteiger partial charge < -0.3 is 10.4 Å². The maximum Gasteiger partial charge on any atom is 0.0763 e. The SMILES string of the molecule is CC(C)(O)CNc1ccc2ccccc2c1. The Balaban J connectivity index is 2.20.